The van der Waals surface area contributed by atoms with Crippen LogP contribution in [0.2, 0.25) is 0 Å². The molecule has 0 unspecified atom stereocenters. The monoisotopic (exact) mass is 330 g/mol. The van der Waals surface area contributed by atoms with Crippen LogP contribution in [0.5, 0.6) is 0 Å². The van der Waals surface area contributed by atoms with E-state index in [4.69, 9.17) is 0 Å². The second kappa shape index (κ2) is 5.70. The van der Waals surface area contributed by atoms with E-state index in [1.165, 1.54) is 0 Å². The number of fused-ring (bicyclic) bond motifs is 1. The van der Waals surface area contributed by atoms with Gasteiger partial charge in [-0.2, -0.15) is 0 Å². The average Bonchev–Trinajstić information content (AvgIpc) is 2.55. The van der Waals surface area contributed by atoms with Crippen LogP contribution in [0, 0.1) is 0 Å². The average molecular weight is 330 g/mol. The number of amides is 1. The molecule has 0 fully saturated rings. The van der Waals surface area contributed by atoms with E-state index >= 15 is 0 Å². The van der Waals surface area contributed by atoms with Gasteiger partial charge in [-0.15, -0.1) is 0 Å². The van der Waals surface area contributed by atoms with E-state index < -0.39 is 9.84 Å². The van der Waals surface area contributed by atoms with Crippen LogP contribution in [0.15, 0.2) is 53.4 Å². The second-order valence-electron chi connectivity index (χ2n) is 5.68. The smallest absolute Gasteiger partial charge is 0.258 e. The molecule has 1 aliphatic heterocycles. The van der Waals surface area contributed by atoms with E-state index in [2.05, 4.69) is 0 Å². The van der Waals surface area contributed by atoms with Crippen molar-refractivity contribution < 1.29 is 13.2 Å². The molecule has 0 saturated carbocycles. The lowest BCUT2D eigenvalue weighted by atomic mass is 10.1. The van der Waals surface area contributed by atoms with Gasteiger partial charge in [-0.3, -0.25) is 4.79 Å². The van der Waals surface area contributed by atoms with Crippen molar-refractivity contribution in [3.8, 4) is 0 Å². The molecule has 0 spiro atoms. The summed E-state index contributed by atoms with van der Waals surface area (Å²) in [6.07, 6.45) is 0. The quantitative estimate of drug-likeness (QED) is 0.847. The SMILES string of the molecule is CN(C)c1ccc(C(=O)N2CCS(=O)(=O)c3ccccc32)cc1. The zero-order chi connectivity index (χ0) is 16.6. The molecule has 0 N–H and O–H groups in total. The summed E-state index contributed by atoms with van der Waals surface area (Å²) in [6.45, 7) is 0.174. The van der Waals surface area contributed by atoms with Crippen molar-refractivity contribution in [2.24, 2.45) is 0 Å². The molecule has 1 heterocycles. The number of sulfone groups is 1. The number of anilines is 2. The number of carbonyl (C=O) groups excluding carboxylic acids is 1. The van der Waals surface area contributed by atoms with Gasteiger partial charge in [0.25, 0.3) is 5.91 Å². The zero-order valence-corrected chi connectivity index (χ0v) is 13.9. The van der Waals surface area contributed by atoms with Crippen LogP contribution in [-0.2, 0) is 9.84 Å². The van der Waals surface area contributed by atoms with Crippen molar-refractivity contribution in [2.75, 3.05) is 36.2 Å². The highest BCUT2D eigenvalue weighted by molar-refractivity contribution is 7.91. The zero-order valence-electron chi connectivity index (χ0n) is 13.1. The lowest BCUT2D eigenvalue weighted by molar-refractivity contribution is 0.0987. The molecule has 120 valence electrons. The third-order valence-electron chi connectivity index (χ3n) is 3.95. The van der Waals surface area contributed by atoms with E-state index in [-0.39, 0.29) is 23.1 Å². The topological polar surface area (TPSA) is 57.7 Å². The van der Waals surface area contributed by atoms with Crippen LogP contribution in [-0.4, -0.2) is 40.7 Å². The van der Waals surface area contributed by atoms with Crippen LogP contribution in [0.3, 0.4) is 0 Å². The van der Waals surface area contributed by atoms with E-state index in [1.807, 2.05) is 31.1 Å². The molecule has 0 atom stereocenters. The Hall–Kier alpha value is -2.34. The molecule has 2 aromatic carbocycles. The van der Waals surface area contributed by atoms with E-state index in [0.29, 0.717) is 11.3 Å². The van der Waals surface area contributed by atoms with Crippen molar-refractivity contribution >= 4 is 27.1 Å². The molecule has 3 rings (SSSR count). The number of rotatable bonds is 2. The van der Waals surface area contributed by atoms with Crippen LogP contribution >= 0.6 is 0 Å². The van der Waals surface area contributed by atoms with Crippen molar-refractivity contribution in [1.82, 2.24) is 0 Å². The van der Waals surface area contributed by atoms with Gasteiger partial charge in [-0.1, -0.05) is 12.1 Å². The van der Waals surface area contributed by atoms with Crippen LogP contribution in [0.4, 0.5) is 11.4 Å². The summed E-state index contributed by atoms with van der Waals surface area (Å²) >= 11 is 0. The first kappa shape index (κ1) is 15.6. The summed E-state index contributed by atoms with van der Waals surface area (Å²) in [7, 11) is 0.557. The van der Waals surface area contributed by atoms with E-state index in [0.717, 1.165) is 5.69 Å². The molecular formula is C17H18N2O3S. The Kier molecular flexibility index (Phi) is 3.85. The number of hydrogen-bond donors (Lipinski definition) is 0. The number of hydrogen-bond acceptors (Lipinski definition) is 4. The summed E-state index contributed by atoms with van der Waals surface area (Å²) in [6, 6.07) is 13.9. The second-order valence-corrected chi connectivity index (χ2v) is 7.76. The normalized spacial score (nSPS) is 15.8. The fraction of sp³-hybridized carbons (Fsp3) is 0.235. The summed E-state index contributed by atoms with van der Waals surface area (Å²) in [5.41, 5.74) is 2.01. The van der Waals surface area contributed by atoms with Gasteiger partial charge in [-0.05, 0) is 36.4 Å². The maximum absolute atomic E-state index is 12.8. The van der Waals surface area contributed by atoms with Gasteiger partial charge >= 0.3 is 0 Å². The largest absolute Gasteiger partial charge is 0.378 e. The minimum atomic E-state index is -3.31. The minimum absolute atomic E-state index is 0.0501. The maximum atomic E-state index is 12.8. The molecule has 0 aliphatic carbocycles. The number of para-hydroxylation sites is 1. The number of carbonyl (C=O) groups is 1. The van der Waals surface area contributed by atoms with Crippen LogP contribution in [0.25, 0.3) is 0 Å². The van der Waals surface area contributed by atoms with E-state index in [9.17, 15) is 13.2 Å². The third kappa shape index (κ3) is 2.82. The molecule has 0 aromatic heterocycles. The molecule has 0 radical (unpaired) electrons. The van der Waals surface area contributed by atoms with Crippen molar-refractivity contribution in [3.05, 3.63) is 54.1 Å². The van der Waals surface area contributed by atoms with Crippen molar-refractivity contribution in [3.63, 3.8) is 0 Å². The van der Waals surface area contributed by atoms with Crippen molar-refractivity contribution in [1.29, 1.82) is 0 Å². The number of benzene rings is 2. The summed E-state index contributed by atoms with van der Waals surface area (Å²) in [5, 5.41) is 0. The van der Waals surface area contributed by atoms with Gasteiger partial charge in [0.2, 0.25) is 0 Å². The number of nitrogens with zero attached hydrogens (tertiary/aromatic N) is 2. The Labute approximate surface area is 136 Å². The first-order valence-electron chi connectivity index (χ1n) is 7.31. The van der Waals surface area contributed by atoms with Gasteiger partial charge in [0.1, 0.15) is 0 Å². The molecule has 0 bridgehead atoms. The summed E-state index contributed by atoms with van der Waals surface area (Å²) in [4.78, 5) is 16.5. The highest BCUT2D eigenvalue weighted by Crippen LogP contribution is 2.31. The molecule has 5 nitrogen and oxygen atoms in total. The maximum Gasteiger partial charge on any atom is 0.258 e. The van der Waals surface area contributed by atoms with Gasteiger partial charge in [-0.25, -0.2) is 8.42 Å². The highest BCUT2D eigenvalue weighted by Gasteiger charge is 2.31. The van der Waals surface area contributed by atoms with Gasteiger partial charge < -0.3 is 9.80 Å². The Morgan fingerprint density at radius 2 is 1.70 bits per heavy atom. The Bertz CT molecular complexity index is 842. The Morgan fingerprint density at radius 1 is 1.04 bits per heavy atom. The van der Waals surface area contributed by atoms with Gasteiger partial charge in [0.05, 0.1) is 16.3 Å². The fourth-order valence-electron chi connectivity index (χ4n) is 2.65. The molecule has 1 aliphatic rings. The highest BCUT2D eigenvalue weighted by atomic mass is 32.2. The predicted molar refractivity (Wildman–Crippen MR) is 90.9 cm³/mol. The molecule has 6 heteroatoms. The lowest BCUT2D eigenvalue weighted by Gasteiger charge is -2.29. The Balaban J connectivity index is 1.97. The first-order chi connectivity index (χ1) is 10.9. The van der Waals surface area contributed by atoms with Crippen molar-refractivity contribution in [2.45, 2.75) is 4.90 Å². The molecule has 1 amide bonds. The fourth-order valence-corrected chi connectivity index (χ4v) is 4.08. The van der Waals surface area contributed by atoms with E-state index in [1.54, 1.807) is 41.3 Å². The van der Waals surface area contributed by atoms with Crippen LogP contribution in [0.1, 0.15) is 10.4 Å². The van der Waals surface area contributed by atoms with Gasteiger partial charge in [0.15, 0.2) is 9.84 Å². The standard InChI is InChI=1S/C17H18N2O3S/c1-18(2)14-9-7-13(8-10-14)17(20)19-11-12-23(21,22)16-6-4-3-5-15(16)19/h3-10H,11-12H2,1-2H3. The lowest BCUT2D eigenvalue weighted by Crippen LogP contribution is -2.39. The molecular weight excluding hydrogens is 312 g/mol. The van der Waals surface area contributed by atoms with Crippen LogP contribution < -0.4 is 9.80 Å². The summed E-state index contributed by atoms with van der Waals surface area (Å²) < 4.78 is 24.3. The molecule has 23 heavy (non-hydrogen) atoms. The predicted octanol–water partition coefficient (Wildman–Crippen LogP) is 2.19. The first-order valence-corrected chi connectivity index (χ1v) is 8.96. The summed E-state index contributed by atoms with van der Waals surface area (Å²) in [5.74, 6) is -0.233. The minimum Gasteiger partial charge on any atom is -0.378 e. The Morgan fingerprint density at radius 3 is 2.35 bits per heavy atom. The van der Waals surface area contributed by atoms with Gasteiger partial charge in [0, 0.05) is 31.9 Å². The third-order valence-corrected chi connectivity index (χ3v) is 5.69. The molecule has 2 aromatic rings. The molecule has 0 saturated heterocycles.